The van der Waals surface area contributed by atoms with Gasteiger partial charge in [-0.3, -0.25) is 9.78 Å². The number of fused-ring (bicyclic) bond motifs is 1. The molecule has 1 heterocycles. The maximum atomic E-state index is 12.6. The average Bonchev–Trinajstić information content (AvgIpc) is 2.59. The van der Waals surface area contributed by atoms with Crippen molar-refractivity contribution in [2.75, 3.05) is 0 Å². The Bertz CT molecular complexity index is 903. The number of carbonyl (C=O) groups is 1. The minimum absolute atomic E-state index is 0.120. The smallest absolute Gasteiger partial charge is 0.253 e. The van der Waals surface area contributed by atoms with Gasteiger partial charge in [0.15, 0.2) is 0 Å². The number of para-hydroxylation sites is 1. The zero-order valence-corrected chi connectivity index (χ0v) is 14.7. The van der Waals surface area contributed by atoms with Crippen molar-refractivity contribution in [2.45, 2.75) is 33.4 Å². The van der Waals surface area contributed by atoms with E-state index >= 15 is 0 Å². The molecule has 0 radical (unpaired) electrons. The number of amides is 1. The number of hydrogen-bond donors (Lipinski definition) is 1. The van der Waals surface area contributed by atoms with Crippen LogP contribution >= 0.6 is 0 Å². The third-order valence-electron chi connectivity index (χ3n) is 3.88. The summed E-state index contributed by atoms with van der Waals surface area (Å²) in [4.78, 5) is 17.1. The minimum atomic E-state index is -0.120. The molecule has 2 aromatic carbocycles. The summed E-state index contributed by atoms with van der Waals surface area (Å²) >= 11 is 0. The first-order valence-corrected chi connectivity index (χ1v) is 8.43. The van der Waals surface area contributed by atoms with Gasteiger partial charge in [-0.15, -0.1) is 0 Å². The molecule has 0 aliphatic heterocycles. The van der Waals surface area contributed by atoms with E-state index < -0.39 is 0 Å². The molecule has 0 saturated heterocycles. The lowest BCUT2D eigenvalue weighted by Crippen LogP contribution is -2.24. The van der Waals surface area contributed by atoms with Gasteiger partial charge in [0.2, 0.25) is 0 Å². The highest BCUT2D eigenvalue weighted by Crippen LogP contribution is 2.17. The van der Waals surface area contributed by atoms with Crippen LogP contribution in [0.15, 0.2) is 54.6 Å². The summed E-state index contributed by atoms with van der Waals surface area (Å²) in [7, 11) is 0. The summed E-state index contributed by atoms with van der Waals surface area (Å²) in [6, 6.07) is 17.5. The molecular formula is C21H22N2O2. The molecule has 0 fully saturated rings. The quantitative estimate of drug-likeness (QED) is 0.758. The van der Waals surface area contributed by atoms with Crippen molar-refractivity contribution in [2.24, 2.45) is 0 Å². The van der Waals surface area contributed by atoms with Crippen molar-refractivity contribution in [1.29, 1.82) is 0 Å². The molecule has 25 heavy (non-hydrogen) atoms. The maximum Gasteiger partial charge on any atom is 0.253 e. The van der Waals surface area contributed by atoms with Crippen molar-refractivity contribution in [1.82, 2.24) is 10.3 Å². The van der Waals surface area contributed by atoms with Crippen LogP contribution < -0.4 is 10.1 Å². The molecule has 4 nitrogen and oxygen atoms in total. The van der Waals surface area contributed by atoms with Crippen LogP contribution in [0.25, 0.3) is 10.9 Å². The Morgan fingerprint density at radius 2 is 1.92 bits per heavy atom. The molecule has 3 rings (SSSR count). The molecule has 0 aliphatic rings. The van der Waals surface area contributed by atoms with Gasteiger partial charge in [-0.1, -0.05) is 30.3 Å². The summed E-state index contributed by atoms with van der Waals surface area (Å²) in [5.41, 5.74) is 3.23. The van der Waals surface area contributed by atoms with Crippen LogP contribution in [-0.2, 0) is 6.54 Å². The summed E-state index contributed by atoms with van der Waals surface area (Å²) in [6.07, 6.45) is 0.121. The third-order valence-corrected chi connectivity index (χ3v) is 3.88. The number of carbonyl (C=O) groups excluding carboxylic acids is 1. The summed E-state index contributed by atoms with van der Waals surface area (Å²) in [5, 5.41) is 3.93. The van der Waals surface area contributed by atoms with Crippen molar-refractivity contribution in [3.8, 4) is 5.75 Å². The number of pyridine rings is 1. The van der Waals surface area contributed by atoms with E-state index in [0.29, 0.717) is 12.1 Å². The fourth-order valence-electron chi connectivity index (χ4n) is 2.72. The van der Waals surface area contributed by atoms with Gasteiger partial charge in [0.1, 0.15) is 5.75 Å². The lowest BCUT2D eigenvalue weighted by Gasteiger charge is -2.12. The topological polar surface area (TPSA) is 51.2 Å². The molecule has 0 atom stereocenters. The second-order valence-electron chi connectivity index (χ2n) is 6.31. The molecule has 1 N–H and O–H groups in total. The first-order chi connectivity index (χ1) is 12.0. The molecule has 0 aliphatic carbocycles. The fourth-order valence-corrected chi connectivity index (χ4v) is 2.72. The van der Waals surface area contributed by atoms with Gasteiger partial charge in [-0.05, 0) is 50.6 Å². The molecule has 0 unspecified atom stereocenters. The second kappa shape index (κ2) is 7.34. The van der Waals surface area contributed by atoms with Crippen LogP contribution in [0.3, 0.4) is 0 Å². The van der Waals surface area contributed by atoms with Crippen molar-refractivity contribution < 1.29 is 9.53 Å². The third kappa shape index (κ3) is 4.15. The number of ether oxygens (including phenoxy) is 1. The van der Waals surface area contributed by atoms with E-state index in [4.69, 9.17) is 4.74 Å². The predicted molar refractivity (Wildman–Crippen MR) is 99.9 cm³/mol. The van der Waals surface area contributed by atoms with E-state index in [1.54, 1.807) is 0 Å². The number of aryl methyl sites for hydroxylation is 1. The lowest BCUT2D eigenvalue weighted by molar-refractivity contribution is 0.0950. The second-order valence-corrected chi connectivity index (χ2v) is 6.31. The van der Waals surface area contributed by atoms with Crippen LogP contribution in [0.4, 0.5) is 0 Å². The van der Waals surface area contributed by atoms with E-state index in [0.717, 1.165) is 27.9 Å². The monoisotopic (exact) mass is 334 g/mol. The molecule has 3 aromatic rings. The van der Waals surface area contributed by atoms with Crippen LogP contribution in [-0.4, -0.2) is 17.0 Å². The van der Waals surface area contributed by atoms with Crippen molar-refractivity contribution in [3.63, 3.8) is 0 Å². The summed E-state index contributed by atoms with van der Waals surface area (Å²) < 4.78 is 5.69. The van der Waals surface area contributed by atoms with Gasteiger partial charge >= 0.3 is 0 Å². The van der Waals surface area contributed by atoms with Crippen LogP contribution in [0.1, 0.15) is 35.5 Å². The van der Waals surface area contributed by atoms with Gasteiger partial charge in [-0.25, -0.2) is 0 Å². The minimum Gasteiger partial charge on any atom is -0.491 e. The highest BCUT2D eigenvalue weighted by atomic mass is 16.5. The van der Waals surface area contributed by atoms with Crippen LogP contribution in [0, 0.1) is 6.92 Å². The van der Waals surface area contributed by atoms with Crippen LogP contribution in [0.5, 0.6) is 5.75 Å². The highest BCUT2D eigenvalue weighted by Gasteiger charge is 2.11. The molecule has 4 heteroatoms. The highest BCUT2D eigenvalue weighted by molar-refractivity contribution is 5.98. The number of rotatable bonds is 5. The normalized spacial score (nSPS) is 10.9. The zero-order valence-electron chi connectivity index (χ0n) is 14.7. The fraction of sp³-hybridized carbons (Fsp3) is 0.238. The Balaban J connectivity index is 1.73. The Hall–Kier alpha value is -2.88. The van der Waals surface area contributed by atoms with Gasteiger partial charge < -0.3 is 10.1 Å². The molecule has 0 spiro atoms. The number of nitrogens with one attached hydrogen (secondary N) is 1. The van der Waals surface area contributed by atoms with Gasteiger partial charge in [0.25, 0.3) is 5.91 Å². The van der Waals surface area contributed by atoms with E-state index in [9.17, 15) is 4.79 Å². The number of hydrogen-bond acceptors (Lipinski definition) is 3. The summed E-state index contributed by atoms with van der Waals surface area (Å²) in [5.74, 6) is 0.691. The van der Waals surface area contributed by atoms with E-state index in [2.05, 4.69) is 10.3 Å². The Kier molecular flexibility index (Phi) is 4.98. The van der Waals surface area contributed by atoms with Gasteiger partial charge in [-0.2, -0.15) is 0 Å². The molecular weight excluding hydrogens is 312 g/mol. The number of benzene rings is 2. The SMILES string of the molecule is Cc1nc2ccccc2cc1C(=O)NCc1cccc(OC(C)C)c1. The van der Waals surface area contributed by atoms with Gasteiger partial charge in [0.05, 0.1) is 22.9 Å². The molecule has 1 amide bonds. The number of aromatic nitrogens is 1. The van der Waals surface area contributed by atoms with E-state index in [1.807, 2.05) is 75.4 Å². The molecule has 128 valence electrons. The predicted octanol–water partition coefficient (Wildman–Crippen LogP) is 4.26. The first kappa shape index (κ1) is 17.0. The Labute approximate surface area is 147 Å². The Morgan fingerprint density at radius 3 is 2.72 bits per heavy atom. The zero-order chi connectivity index (χ0) is 17.8. The van der Waals surface area contributed by atoms with Crippen LogP contribution in [0.2, 0.25) is 0 Å². The summed E-state index contributed by atoms with van der Waals surface area (Å²) in [6.45, 7) is 6.28. The van der Waals surface area contributed by atoms with E-state index in [1.165, 1.54) is 0 Å². The van der Waals surface area contributed by atoms with E-state index in [-0.39, 0.29) is 12.0 Å². The van der Waals surface area contributed by atoms with Crippen molar-refractivity contribution >= 4 is 16.8 Å². The Morgan fingerprint density at radius 1 is 1.12 bits per heavy atom. The molecule has 0 bridgehead atoms. The average molecular weight is 334 g/mol. The maximum absolute atomic E-state index is 12.6. The molecule has 0 saturated carbocycles. The van der Waals surface area contributed by atoms with Crippen molar-refractivity contribution in [3.05, 3.63) is 71.4 Å². The standard InChI is InChI=1S/C21H22N2O2/c1-14(2)25-18-9-6-7-16(11-18)13-22-21(24)19-12-17-8-4-5-10-20(17)23-15(19)3/h4-12,14H,13H2,1-3H3,(H,22,24). The van der Waals surface area contributed by atoms with Gasteiger partial charge in [0, 0.05) is 11.9 Å². The molecule has 1 aromatic heterocycles. The number of nitrogens with zero attached hydrogens (tertiary/aromatic N) is 1. The lowest BCUT2D eigenvalue weighted by atomic mass is 10.1. The first-order valence-electron chi connectivity index (χ1n) is 8.43. The largest absolute Gasteiger partial charge is 0.491 e.